The third kappa shape index (κ3) is 3.18. The molecule has 1 aliphatic rings. The van der Waals surface area contributed by atoms with Gasteiger partial charge in [0.2, 0.25) is 0 Å². The molecule has 0 bridgehead atoms. The summed E-state index contributed by atoms with van der Waals surface area (Å²) in [6, 6.07) is 3.54. The van der Waals surface area contributed by atoms with Crippen LogP contribution in [0, 0.1) is 0 Å². The average molecular weight is 278 g/mol. The number of ether oxygens (including phenoxy) is 4. The Labute approximate surface area is 118 Å². The highest BCUT2D eigenvalue weighted by Gasteiger charge is 2.26. The first-order valence-corrected chi connectivity index (χ1v) is 6.43. The van der Waals surface area contributed by atoms with Crippen LogP contribution in [0.1, 0.15) is 21.5 Å². The van der Waals surface area contributed by atoms with E-state index in [1.807, 2.05) is 0 Å². The Balaban J connectivity index is 1.99. The van der Waals surface area contributed by atoms with Gasteiger partial charge in [-0.25, -0.2) is 4.79 Å². The number of hydrogen-bond acceptors (Lipinski definition) is 5. The van der Waals surface area contributed by atoms with Crippen molar-refractivity contribution in [1.82, 2.24) is 0 Å². The minimum atomic E-state index is -0.309. The number of benzene rings is 1. The first-order valence-electron chi connectivity index (χ1n) is 6.43. The first-order chi connectivity index (χ1) is 9.77. The lowest BCUT2D eigenvalue weighted by Crippen LogP contribution is -2.11. The molecule has 0 radical (unpaired) electrons. The lowest BCUT2D eigenvalue weighted by molar-refractivity contribution is 0.0517. The zero-order chi connectivity index (χ0) is 14.4. The van der Waals surface area contributed by atoms with Gasteiger partial charge in [0.25, 0.3) is 0 Å². The molecule has 0 saturated heterocycles. The number of rotatable bonds is 8. The Morgan fingerprint density at radius 1 is 1.30 bits per heavy atom. The summed E-state index contributed by atoms with van der Waals surface area (Å²) >= 11 is 0. The molecule has 1 aliphatic heterocycles. The summed E-state index contributed by atoms with van der Waals surface area (Å²) in [5.41, 5.74) is 2.19. The van der Waals surface area contributed by atoms with Crippen LogP contribution in [0.5, 0.6) is 5.75 Å². The largest absolute Gasteiger partial charge is 0.490 e. The molecule has 0 saturated carbocycles. The maximum Gasteiger partial charge on any atom is 0.339 e. The maximum absolute atomic E-state index is 11.5. The summed E-state index contributed by atoms with van der Waals surface area (Å²) in [7, 11) is 1.63. The second-order valence-corrected chi connectivity index (χ2v) is 4.24. The highest BCUT2D eigenvalue weighted by molar-refractivity contribution is 5.95. The van der Waals surface area contributed by atoms with Crippen LogP contribution in [-0.2, 0) is 20.8 Å². The van der Waals surface area contributed by atoms with Gasteiger partial charge in [-0.3, -0.25) is 0 Å². The van der Waals surface area contributed by atoms with Crippen LogP contribution in [0.3, 0.4) is 0 Å². The van der Waals surface area contributed by atoms with Crippen molar-refractivity contribution in [3.8, 4) is 5.75 Å². The molecule has 0 aliphatic carbocycles. The summed E-state index contributed by atoms with van der Waals surface area (Å²) in [5, 5.41) is 0. The molecule has 5 heteroatoms. The summed E-state index contributed by atoms with van der Waals surface area (Å²) in [6.45, 7) is 5.94. The molecule has 0 fully saturated rings. The Kier molecular flexibility index (Phi) is 5.15. The first kappa shape index (κ1) is 14.6. The van der Waals surface area contributed by atoms with Crippen LogP contribution in [0.25, 0.3) is 6.08 Å². The van der Waals surface area contributed by atoms with Crippen molar-refractivity contribution in [3.05, 3.63) is 35.4 Å². The molecule has 1 aromatic rings. The van der Waals surface area contributed by atoms with Gasteiger partial charge in [0.1, 0.15) is 19.0 Å². The number of hydrogen-bond donors (Lipinski definition) is 0. The Bertz CT molecular complexity index is 495. The fraction of sp³-hybridized carbons (Fsp3) is 0.400. The molecule has 0 atom stereocenters. The summed E-state index contributed by atoms with van der Waals surface area (Å²) < 4.78 is 21.0. The van der Waals surface area contributed by atoms with E-state index in [-0.39, 0.29) is 12.6 Å². The number of cyclic esters (lactones) is 1. The van der Waals surface area contributed by atoms with Crippen molar-refractivity contribution in [3.63, 3.8) is 0 Å². The monoisotopic (exact) mass is 278 g/mol. The SMILES string of the molecule is C=Cc1ccc2c(c1OCCOCCOC)COC2=O. The van der Waals surface area contributed by atoms with Gasteiger partial charge in [-0.1, -0.05) is 18.7 Å². The average Bonchev–Trinajstić information content (AvgIpc) is 2.84. The van der Waals surface area contributed by atoms with Crippen molar-refractivity contribution in [2.45, 2.75) is 6.61 Å². The quantitative estimate of drug-likeness (QED) is 0.538. The van der Waals surface area contributed by atoms with Crippen LogP contribution >= 0.6 is 0 Å². The molecule has 2 rings (SSSR count). The molecule has 1 heterocycles. The van der Waals surface area contributed by atoms with E-state index >= 15 is 0 Å². The topological polar surface area (TPSA) is 54.0 Å². The van der Waals surface area contributed by atoms with Gasteiger partial charge in [0.05, 0.1) is 25.4 Å². The van der Waals surface area contributed by atoms with E-state index in [9.17, 15) is 4.79 Å². The summed E-state index contributed by atoms with van der Waals surface area (Å²) in [5.74, 6) is 0.343. The highest BCUT2D eigenvalue weighted by Crippen LogP contribution is 2.33. The van der Waals surface area contributed by atoms with Gasteiger partial charge in [-0.15, -0.1) is 0 Å². The Morgan fingerprint density at radius 2 is 2.10 bits per heavy atom. The molecule has 108 valence electrons. The standard InChI is InChI=1S/C15H18O5/c1-3-11-4-5-12-13(10-20-15(12)16)14(11)19-9-8-18-7-6-17-2/h3-5H,1,6-10H2,2H3. The molecular formula is C15H18O5. The summed E-state index contributed by atoms with van der Waals surface area (Å²) in [4.78, 5) is 11.5. The van der Waals surface area contributed by atoms with E-state index in [4.69, 9.17) is 18.9 Å². The van der Waals surface area contributed by atoms with Crippen LogP contribution in [0.4, 0.5) is 0 Å². The smallest absolute Gasteiger partial charge is 0.339 e. The molecule has 20 heavy (non-hydrogen) atoms. The van der Waals surface area contributed by atoms with Crippen molar-refractivity contribution < 1.29 is 23.7 Å². The Morgan fingerprint density at radius 3 is 2.85 bits per heavy atom. The molecule has 0 amide bonds. The van der Waals surface area contributed by atoms with E-state index in [0.29, 0.717) is 37.7 Å². The lowest BCUT2D eigenvalue weighted by atomic mass is 10.0. The molecule has 0 spiro atoms. The van der Waals surface area contributed by atoms with E-state index in [1.165, 1.54) is 0 Å². The van der Waals surface area contributed by atoms with Crippen LogP contribution in [0.15, 0.2) is 18.7 Å². The molecule has 0 N–H and O–H groups in total. The van der Waals surface area contributed by atoms with Crippen molar-refractivity contribution >= 4 is 12.0 Å². The second-order valence-electron chi connectivity index (χ2n) is 4.24. The van der Waals surface area contributed by atoms with Crippen LogP contribution < -0.4 is 4.74 Å². The molecule has 0 aromatic heterocycles. The minimum absolute atomic E-state index is 0.246. The number of fused-ring (bicyclic) bond motifs is 1. The number of carbonyl (C=O) groups excluding carboxylic acids is 1. The molecular weight excluding hydrogens is 260 g/mol. The van der Waals surface area contributed by atoms with Crippen LogP contribution in [-0.4, -0.2) is 39.5 Å². The van der Waals surface area contributed by atoms with Crippen LogP contribution in [0.2, 0.25) is 0 Å². The van der Waals surface area contributed by atoms with E-state index in [0.717, 1.165) is 11.1 Å². The summed E-state index contributed by atoms with van der Waals surface area (Å²) in [6.07, 6.45) is 1.70. The fourth-order valence-electron chi connectivity index (χ4n) is 1.97. The van der Waals surface area contributed by atoms with Crippen molar-refractivity contribution in [1.29, 1.82) is 0 Å². The predicted octanol–water partition coefficient (Wildman–Crippen LogP) is 2.04. The normalized spacial score (nSPS) is 12.9. The number of carbonyl (C=O) groups is 1. The highest BCUT2D eigenvalue weighted by atomic mass is 16.5. The maximum atomic E-state index is 11.5. The van der Waals surface area contributed by atoms with Gasteiger partial charge in [-0.2, -0.15) is 0 Å². The van der Waals surface area contributed by atoms with E-state index < -0.39 is 0 Å². The Hall–Kier alpha value is -1.85. The second kappa shape index (κ2) is 7.07. The van der Waals surface area contributed by atoms with Gasteiger partial charge in [0, 0.05) is 18.2 Å². The zero-order valence-corrected chi connectivity index (χ0v) is 11.5. The predicted molar refractivity (Wildman–Crippen MR) is 73.8 cm³/mol. The van der Waals surface area contributed by atoms with Gasteiger partial charge < -0.3 is 18.9 Å². The van der Waals surface area contributed by atoms with Gasteiger partial charge in [-0.05, 0) is 6.07 Å². The van der Waals surface area contributed by atoms with Gasteiger partial charge in [0.15, 0.2) is 0 Å². The molecule has 5 nitrogen and oxygen atoms in total. The van der Waals surface area contributed by atoms with E-state index in [1.54, 1.807) is 25.3 Å². The minimum Gasteiger partial charge on any atom is -0.490 e. The molecule has 0 unspecified atom stereocenters. The number of esters is 1. The van der Waals surface area contributed by atoms with E-state index in [2.05, 4.69) is 6.58 Å². The van der Waals surface area contributed by atoms with Gasteiger partial charge >= 0.3 is 5.97 Å². The van der Waals surface area contributed by atoms with Crippen molar-refractivity contribution in [2.24, 2.45) is 0 Å². The fourth-order valence-corrected chi connectivity index (χ4v) is 1.97. The third-order valence-electron chi connectivity index (χ3n) is 2.98. The van der Waals surface area contributed by atoms with Crippen molar-refractivity contribution in [2.75, 3.05) is 33.5 Å². The third-order valence-corrected chi connectivity index (χ3v) is 2.98. The number of methoxy groups -OCH3 is 1. The lowest BCUT2D eigenvalue weighted by Gasteiger charge is -2.12. The molecule has 1 aromatic carbocycles. The zero-order valence-electron chi connectivity index (χ0n) is 11.5.